The topological polar surface area (TPSA) is 52.9 Å². The van der Waals surface area contributed by atoms with E-state index in [0.717, 1.165) is 6.42 Å². The van der Waals surface area contributed by atoms with Crippen LogP contribution in [0.1, 0.15) is 56.0 Å². The molecule has 2 aliphatic rings. The average molecular weight is 282 g/mol. The minimum Gasteiger partial charge on any atom is -0.349 e. The van der Waals surface area contributed by atoms with Crippen LogP contribution in [0.25, 0.3) is 0 Å². The smallest absolute Gasteiger partial charge is 0.251 e. The van der Waals surface area contributed by atoms with E-state index in [1.807, 2.05) is 0 Å². The number of hydrogen-bond donors (Lipinski definition) is 1. The molecule has 0 heterocycles. The molecule has 0 spiro atoms. The summed E-state index contributed by atoms with van der Waals surface area (Å²) in [7, 11) is 0. The minimum absolute atomic E-state index is 0.0540. The molecule has 0 saturated heterocycles. The van der Waals surface area contributed by atoms with Crippen LogP contribution in [0.5, 0.6) is 0 Å². The van der Waals surface area contributed by atoms with Gasteiger partial charge >= 0.3 is 0 Å². The van der Waals surface area contributed by atoms with Crippen molar-refractivity contribution in [2.45, 2.75) is 46.1 Å². The van der Waals surface area contributed by atoms with Crippen LogP contribution < -0.4 is 5.32 Å². The molecule has 3 nitrogen and oxygen atoms in total. The summed E-state index contributed by atoms with van der Waals surface area (Å²) in [6, 6.07) is 9.25. The van der Waals surface area contributed by atoms with Crippen molar-refractivity contribution < 1.29 is 4.79 Å². The highest BCUT2D eigenvalue weighted by molar-refractivity contribution is 5.94. The molecule has 2 fully saturated rings. The maximum Gasteiger partial charge on any atom is 0.251 e. The SMILES string of the molecule is CC1(C)C2CCC1(C)C(NC(=O)c1cccc(C#N)c1)C2. The number of fused-ring (bicyclic) bond motifs is 2. The molecule has 1 aromatic carbocycles. The van der Waals surface area contributed by atoms with Gasteiger partial charge in [-0.1, -0.05) is 26.8 Å². The van der Waals surface area contributed by atoms with Gasteiger partial charge in [0.05, 0.1) is 11.6 Å². The molecule has 1 amide bonds. The fourth-order valence-corrected chi connectivity index (χ4v) is 4.39. The van der Waals surface area contributed by atoms with Crippen LogP contribution in [0.3, 0.4) is 0 Å². The maximum absolute atomic E-state index is 12.5. The Balaban J connectivity index is 1.79. The van der Waals surface area contributed by atoms with Crippen molar-refractivity contribution in [1.82, 2.24) is 5.32 Å². The molecule has 0 aliphatic heterocycles. The molecule has 0 radical (unpaired) electrons. The number of carbonyl (C=O) groups is 1. The second-order valence-corrected chi connectivity index (χ2v) is 7.33. The normalized spacial score (nSPS) is 32.7. The van der Waals surface area contributed by atoms with Gasteiger partial charge < -0.3 is 5.32 Å². The Morgan fingerprint density at radius 2 is 2.14 bits per heavy atom. The standard InChI is InChI=1S/C18H22N2O/c1-17(2)14-7-8-18(17,3)15(10-14)20-16(21)13-6-4-5-12(9-13)11-19/h4-6,9,14-15H,7-8,10H2,1-3H3,(H,20,21). The number of amides is 1. The maximum atomic E-state index is 12.5. The van der Waals surface area contributed by atoms with Gasteiger partial charge in [0.2, 0.25) is 0 Å². The third-order valence-corrected chi connectivity index (χ3v) is 6.35. The monoisotopic (exact) mass is 282 g/mol. The number of nitriles is 1. The van der Waals surface area contributed by atoms with Crippen LogP contribution in [-0.4, -0.2) is 11.9 Å². The van der Waals surface area contributed by atoms with Crippen molar-refractivity contribution in [1.29, 1.82) is 5.26 Å². The second kappa shape index (κ2) is 4.59. The Labute approximate surface area is 126 Å². The van der Waals surface area contributed by atoms with E-state index in [-0.39, 0.29) is 17.4 Å². The number of nitrogens with zero attached hydrogens (tertiary/aromatic N) is 1. The van der Waals surface area contributed by atoms with Gasteiger partial charge in [0, 0.05) is 11.6 Å². The van der Waals surface area contributed by atoms with Gasteiger partial charge in [0.25, 0.3) is 5.91 Å². The molecular formula is C18H22N2O. The van der Waals surface area contributed by atoms with E-state index in [2.05, 4.69) is 32.2 Å². The highest BCUT2D eigenvalue weighted by atomic mass is 16.1. The zero-order chi connectivity index (χ0) is 15.3. The van der Waals surface area contributed by atoms with Crippen molar-refractivity contribution in [2.75, 3.05) is 0 Å². The zero-order valence-electron chi connectivity index (χ0n) is 12.9. The minimum atomic E-state index is -0.0540. The molecule has 1 N–H and O–H groups in total. The van der Waals surface area contributed by atoms with E-state index in [1.165, 1.54) is 12.8 Å². The van der Waals surface area contributed by atoms with Crippen molar-refractivity contribution in [3.8, 4) is 6.07 Å². The molecular weight excluding hydrogens is 260 g/mol. The molecule has 2 bridgehead atoms. The molecule has 110 valence electrons. The van der Waals surface area contributed by atoms with Gasteiger partial charge in [0.1, 0.15) is 0 Å². The Morgan fingerprint density at radius 3 is 2.71 bits per heavy atom. The number of carbonyl (C=O) groups excluding carboxylic acids is 1. The van der Waals surface area contributed by atoms with E-state index in [1.54, 1.807) is 24.3 Å². The first kappa shape index (κ1) is 14.1. The van der Waals surface area contributed by atoms with Gasteiger partial charge in [-0.25, -0.2) is 0 Å². The molecule has 21 heavy (non-hydrogen) atoms. The van der Waals surface area contributed by atoms with Crippen molar-refractivity contribution in [3.63, 3.8) is 0 Å². The van der Waals surface area contributed by atoms with Crippen LogP contribution >= 0.6 is 0 Å². The quantitative estimate of drug-likeness (QED) is 0.902. The highest BCUT2D eigenvalue weighted by Gasteiger charge is 2.61. The molecule has 3 heteroatoms. The first-order valence-electron chi connectivity index (χ1n) is 7.69. The number of rotatable bonds is 2. The summed E-state index contributed by atoms with van der Waals surface area (Å²) < 4.78 is 0. The lowest BCUT2D eigenvalue weighted by molar-refractivity contribution is 0.0826. The summed E-state index contributed by atoms with van der Waals surface area (Å²) in [4.78, 5) is 12.5. The van der Waals surface area contributed by atoms with Gasteiger partial charge in [-0.15, -0.1) is 0 Å². The molecule has 2 aliphatic carbocycles. The number of benzene rings is 1. The van der Waals surface area contributed by atoms with Crippen molar-refractivity contribution in [2.24, 2.45) is 16.7 Å². The van der Waals surface area contributed by atoms with E-state index in [0.29, 0.717) is 22.5 Å². The largest absolute Gasteiger partial charge is 0.349 e. The third kappa shape index (κ3) is 1.97. The Kier molecular flexibility index (Phi) is 3.09. The summed E-state index contributed by atoms with van der Waals surface area (Å²) in [5, 5.41) is 12.2. The zero-order valence-corrected chi connectivity index (χ0v) is 12.9. The van der Waals surface area contributed by atoms with Crippen molar-refractivity contribution >= 4 is 5.91 Å². The number of hydrogen-bond acceptors (Lipinski definition) is 2. The van der Waals surface area contributed by atoms with Gasteiger partial charge in [-0.05, 0) is 54.2 Å². The Hall–Kier alpha value is -1.82. The summed E-state index contributed by atoms with van der Waals surface area (Å²) in [5.41, 5.74) is 1.58. The lowest BCUT2D eigenvalue weighted by atomic mass is 9.69. The number of nitrogens with one attached hydrogen (secondary N) is 1. The van der Waals surface area contributed by atoms with E-state index < -0.39 is 0 Å². The lowest BCUT2D eigenvalue weighted by Gasteiger charge is -2.39. The lowest BCUT2D eigenvalue weighted by Crippen LogP contribution is -2.46. The molecule has 1 aromatic rings. The summed E-state index contributed by atoms with van der Waals surface area (Å²) in [6.45, 7) is 7.00. The molecule has 2 saturated carbocycles. The van der Waals surface area contributed by atoms with E-state index >= 15 is 0 Å². The fourth-order valence-electron chi connectivity index (χ4n) is 4.39. The fraction of sp³-hybridized carbons (Fsp3) is 0.556. The summed E-state index contributed by atoms with van der Waals surface area (Å²) in [6.07, 6.45) is 3.54. The van der Waals surface area contributed by atoms with Gasteiger partial charge in [0.15, 0.2) is 0 Å². The Morgan fingerprint density at radius 1 is 1.38 bits per heavy atom. The molecule has 3 atom stereocenters. The highest BCUT2D eigenvalue weighted by Crippen LogP contribution is 2.65. The molecule has 0 aromatic heterocycles. The average Bonchev–Trinajstić information content (AvgIpc) is 2.80. The van der Waals surface area contributed by atoms with Crippen LogP contribution in [0.2, 0.25) is 0 Å². The van der Waals surface area contributed by atoms with Crippen molar-refractivity contribution in [3.05, 3.63) is 35.4 Å². The predicted octanol–water partition coefficient (Wildman–Crippen LogP) is 3.50. The van der Waals surface area contributed by atoms with Gasteiger partial charge in [-0.2, -0.15) is 5.26 Å². The summed E-state index contributed by atoms with van der Waals surface area (Å²) in [5.74, 6) is 0.653. The Bertz CT molecular complexity index is 628. The van der Waals surface area contributed by atoms with Crippen LogP contribution in [0.4, 0.5) is 0 Å². The molecule has 3 unspecified atom stereocenters. The van der Waals surface area contributed by atoms with Gasteiger partial charge in [-0.3, -0.25) is 4.79 Å². The summed E-state index contributed by atoms with van der Waals surface area (Å²) >= 11 is 0. The van der Waals surface area contributed by atoms with Crippen LogP contribution in [-0.2, 0) is 0 Å². The third-order valence-electron chi connectivity index (χ3n) is 6.35. The first-order chi connectivity index (χ1) is 9.88. The van der Waals surface area contributed by atoms with Crippen LogP contribution in [0, 0.1) is 28.1 Å². The second-order valence-electron chi connectivity index (χ2n) is 7.33. The van der Waals surface area contributed by atoms with Crippen LogP contribution in [0.15, 0.2) is 24.3 Å². The van der Waals surface area contributed by atoms with E-state index in [4.69, 9.17) is 5.26 Å². The first-order valence-corrected chi connectivity index (χ1v) is 7.69. The molecule has 3 rings (SSSR count). The predicted molar refractivity (Wildman–Crippen MR) is 81.6 cm³/mol. The van der Waals surface area contributed by atoms with E-state index in [9.17, 15) is 4.79 Å².